The van der Waals surface area contributed by atoms with Crippen LogP contribution in [0.25, 0.3) is 11.1 Å². The Labute approximate surface area is 129 Å². The highest BCUT2D eigenvalue weighted by molar-refractivity contribution is 5.72. The van der Waals surface area contributed by atoms with Crippen LogP contribution in [-0.4, -0.2) is 16.5 Å². The number of carbonyl (C=O) groups is 1. The predicted molar refractivity (Wildman–Crippen MR) is 88.0 cm³/mol. The molecule has 0 aromatic heterocycles. The van der Waals surface area contributed by atoms with E-state index in [1.54, 1.807) is 30.4 Å². The SMILES string of the molecule is C=CCc1cc(-c2cc(CC=CC=O)ccc2O)ccc1O. The van der Waals surface area contributed by atoms with Gasteiger partial charge in [0, 0.05) is 5.56 Å². The molecule has 0 fully saturated rings. The van der Waals surface area contributed by atoms with Crippen molar-refractivity contribution in [1.82, 2.24) is 0 Å². The summed E-state index contributed by atoms with van der Waals surface area (Å²) in [5.74, 6) is 0.395. The fourth-order valence-corrected chi connectivity index (χ4v) is 2.27. The van der Waals surface area contributed by atoms with E-state index in [0.717, 1.165) is 23.0 Å². The Morgan fingerprint density at radius 1 is 1.00 bits per heavy atom. The van der Waals surface area contributed by atoms with Gasteiger partial charge in [0.25, 0.3) is 0 Å². The van der Waals surface area contributed by atoms with Crippen LogP contribution in [-0.2, 0) is 17.6 Å². The summed E-state index contributed by atoms with van der Waals surface area (Å²) in [5.41, 5.74) is 3.28. The molecule has 0 heterocycles. The van der Waals surface area contributed by atoms with Gasteiger partial charge in [-0.25, -0.2) is 0 Å². The number of aldehydes is 1. The highest BCUT2D eigenvalue weighted by Gasteiger charge is 2.08. The molecule has 0 unspecified atom stereocenters. The maximum atomic E-state index is 10.3. The van der Waals surface area contributed by atoms with Crippen molar-refractivity contribution >= 4 is 6.29 Å². The number of carbonyl (C=O) groups excluding carboxylic acids is 1. The van der Waals surface area contributed by atoms with Crippen molar-refractivity contribution in [2.75, 3.05) is 0 Å². The molecule has 2 aromatic rings. The van der Waals surface area contributed by atoms with Gasteiger partial charge in [-0.3, -0.25) is 4.79 Å². The molecule has 0 bridgehead atoms. The van der Waals surface area contributed by atoms with Crippen LogP contribution < -0.4 is 0 Å². The fourth-order valence-electron chi connectivity index (χ4n) is 2.27. The van der Waals surface area contributed by atoms with Crippen molar-refractivity contribution < 1.29 is 15.0 Å². The minimum absolute atomic E-state index is 0.179. The van der Waals surface area contributed by atoms with Crippen LogP contribution in [0.1, 0.15) is 11.1 Å². The van der Waals surface area contributed by atoms with Crippen molar-refractivity contribution in [3.63, 3.8) is 0 Å². The second-order valence-corrected chi connectivity index (χ2v) is 4.96. The molecule has 2 N–H and O–H groups in total. The van der Waals surface area contributed by atoms with E-state index in [0.29, 0.717) is 18.4 Å². The lowest BCUT2D eigenvalue weighted by atomic mass is 9.97. The Morgan fingerprint density at radius 2 is 1.77 bits per heavy atom. The van der Waals surface area contributed by atoms with Gasteiger partial charge in [0.15, 0.2) is 0 Å². The summed E-state index contributed by atoms with van der Waals surface area (Å²) in [6, 6.07) is 10.6. The van der Waals surface area contributed by atoms with Gasteiger partial charge in [-0.2, -0.15) is 0 Å². The summed E-state index contributed by atoms with van der Waals surface area (Å²) in [6.07, 6.45) is 6.85. The summed E-state index contributed by atoms with van der Waals surface area (Å²) in [5, 5.41) is 19.9. The molecule has 3 nitrogen and oxygen atoms in total. The molecule has 0 radical (unpaired) electrons. The minimum atomic E-state index is 0.179. The van der Waals surface area contributed by atoms with E-state index in [-0.39, 0.29) is 11.5 Å². The predicted octanol–water partition coefficient (Wildman–Crippen LogP) is 3.79. The van der Waals surface area contributed by atoms with Crippen LogP contribution >= 0.6 is 0 Å². The monoisotopic (exact) mass is 294 g/mol. The molecular weight excluding hydrogens is 276 g/mol. The maximum Gasteiger partial charge on any atom is 0.142 e. The van der Waals surface area contributed by atoms with Crippen LogP contribution in [0.15, 0.2) is 61.2 Å². The molecule has 22 heavy (non-hydrogen) atoms. The maximum absolute atomic E-state index is 10.3. The summed E-state index contributed by atoms with van der Waals surface area (Å²) < 4.78 is 0. The Morgan fingerprint density at radius 3 is 2.50 bits per heavy atom. The van der Waals surface area contributed by atoms with E-state index >= 15 is 0 Å². The Balaban J connectivity index is 2.40. The van der Waals surface area contributed by atoms with Crippen LogP contribution in [0, 0.1) is 0 Å². The Bertz CT molecular complexity index is 715. The lowest BCUT2D eigenvalue weighted by Crippen LogP contribution is -1.88. The van der Waals surface area contributed by atoms with Crippen LogP contribution in [0.2, 0.25) is 0 Å². The van der Waals surface area contributed by atoms with Gasteiger partial charge >= 0.3 is 0 Å². The van der Waals surface area contributed by atoms with Crippen molar-refractivity contribution in [1.29, 1.82) is 0 Å². The van der Waals surface area contributed by atoms with Crippen molar-refractivity contribution in [2.24, 2.45) is 0 Å². The summed E-state index contributed by atoms with van der Waals surface area (Å²) in [7, 11) is 0. The van der Waals surface area contributed by atoms with E-state index in [2.05, 4.69) is 6.58 Å². The number of allylic oxidation sites excluding steroid dienone is 3. The van der Waals surface area contributed by atoms with Gasteiger partial charge in [0.1, 0.15) is 17.8 Å². The number of phenols is 2. The number of phenolic OH excluding ortho intramolecular Hbond substituents is 2. The normalized spacial score (nSPS) is 10.7. The Hall–Kier alpha value is -2.81. The zero-order valence-corrected chi connectivity index (χ0v) is 12.2. The lowest BCUT2D eigenvalue weighted by Gasteiger charge is -2.10. The molecule has 0 amide bonds. The van der Waals surface area contributed by atoms with Crippen molar-refractivity contribution in [2.45, 2.75) is 12.8 Å². The molecule has 0 atom stereocenters. The van der Waals surface area contributed by atoms with Crippen LogP contribution in [0.3, 0.4) is 0 Å². The molecule has 0 saturated heterocycles. The van der Waals surface area contributed by atoms with Crippen LogP contribution in [0.5, 0.6) is 11.5 Å². The average Bonchev–Trinajstić information content (AvgIpc) is 2.52. The van der Waals surface area contributed by atoms with Gasteiger partial charge < -0.3 is 10.2 Å². The molecule has 0 spiro atoms. The molecular formula is C19H18O3. The standard InChI is InChI=1S/C19H18O3/c1-2-5-16-13-15(8-10-18(16)21)17-12-14(6-3-4-11-20)7-9-19(17)22/h2-4,7-13,21-22H,1,5-6H2. The quantitative estimate of drug-likeness (QED) is 0.484. The van der Waals surface area contributed by atoms with E-state index < -0.39 is 0 Å². The van der Waals surface area contributed by atoms with Gasteiger partial charge in [-0.05, 0) is 59.9 Å². The smallest absolute Gasteiger partial charge is 0.142 e. The molecule has 2 aromatic carbocycles. The van der Waals surface area contributed by atoms with Gasteiger partial charge in [0.05, 0.1) is 0 Å². The van der Waals surface area contributed by atoms with Crippen molar-refractivity contribution in [3.05, 3.63) is 72.3 Å². The average molecular weight is 294 g/mol. The summed E-state index contributed by atoms with van der Waals surface area (Å²) in [4.78, 5) is 10.3. The third kappa shape index (κ3) is 3.64. The number of hydrogen-bond donors (Lipinski definition) is 2. The summed E-state index contributed by atoms with van der Waals surface area (Å²) in [6.45, 7) is 3.68. The molecule has 0 aliphatic heterocycles. The molecule has 112 valence electrons. The first kappa shape index (κ1) is 15.6. The minimum Gasteiger partial charge on any atom is -0.508 e. The number of hydrogen-bond acceptors (Lipinski definition) is 3. The zero-order valence-electron chi connectivity index (χ0n) is 12.2. The molecule has 0 saturated carbocycles. The first-order chi connectivity index (χ1) is 10.7. The number of rotatable bonds is 6. The van der Waals surface area contributed by atoms with E-state index in [1.807, 2.05) is 18.2 Å². The van der Waals surface area contributed by atoms with Gasteiger partial charge in [-0.1, -0.05) is 24.3 Å². The number of aromatic hydroxyl groups is 2. The Kier molecular flexibility index (Phi) is 5.15. The molecule has 0 aliphatic carbocycles. The molecule has 2 rings (SSSR count). The van der Waals surface area contributed by atoms with Crippen LogP contribution in [0.4, 0.5) is 0 Å². The van der Waals surface area contributed by atoms with E-state index in [9.17, 15) is 15.0 Å². The topological polar surface area (TPSA) is 57.5 Å². The van der Waals surface area contributed by atoms with Gasteiger partial charge in [-0.15, -0.1) is 6.58 Å². The van der Waals surface area contributed by atoms with Gasteiger partial charge in [0.2, 0.25) is 0 Å². The fraction of sp³-hybridized carbons (Fsp3) is 0.105. The number of benzene rings is 2. The zero-order chi connectivity index (χ0) is 15.9. The highest BCUT2D eigenvalue weighted by Crippen LogP contribution is 2.33. The largest absolute Gasteiger partial charge is 0.508 e. The third-order valence-electron chi connectivity index (χ3n) is 3.38. The first-order valence-corrected chi connectivity index (χ1v) is 7.01. The first-order valence-electron chi connectivity index (χ1n) is 7.01. The summed E-state index contributed by atoms with van der Waals surface area (Å²) >= 11 is 0. The molecule has 3 heteroatoms. The highest BCUT2D eigenvalue weighted by atomic mass is 16.3. The van der Waals surface area contributed by atoms with Crippen molar-refractivity contribution in [3.8, 4) is 22.6 Å². The molecule has 0 aliphatic rings. The van der Waals surface area contributed by atoms with E-state index in [1.165, 1.54) is 6.08 Å². The van der Waals surface area contributed by atoms with E-state index in [4.69, 9.17) is 0 Å². The lowest BCUT2D eigenvalue weighted by molar-refractivity contribution is -0.104. The second kappa shape index (κ2) is 7.27. The third-order valence-corrected chi connectivity index (χ3v) is 3.38. The second-order valence-electron chi connectivity index (χ2n) is 4.96.